The zero-order chi connectivity index (χ0) is 24.7. The van der Waals surface area contributed by atoms with Gasteiger partial charge in [-0.15, -0.1) is 0 Å². The molecule has 7 heteroatoms. The molecule has 1 saturated heterocycles. The fourth-order valence-electron chi connectivity index (χ4n) is 5.99. The number of fused-ring (bicyclic) bond motifs is 2. The highest BCUT2D eigenvalue weighted by molar-refractivity contribution is 5.96. The highest BCUT2D eigenvalue weighted by atomic mass is 16.6. The van der Waals surface area contributed by atoms with E-state index < -0.39 is 5.60 Å². The van der Waals surface area contributed by atoms with Crippen molar-refractivity contribution in [3.8, 4) is 0 Å². The monoisotopic (exact) mass is 479 g/mol. The molecule has 1 saturated carbocycles. The number of hydrogen-bond donors (Lipinski definition) is 1. The minimum absolute atomic E-state index is 0.0625. The lowest BCUT2D eigenvalue weighted by molar-refractivity contribution is -0.126. The van der Waals surface area contributed by atoms with Gasteiger partial charge in [-0.2, -0.15) is 0 Å². The first kappa shape index (κ1) is 24.0. The van der Waals surface area contributed by atoms with Crippen molar-refractivity contribution in [3.05, 3.63) is 46.8 Å². The van der Waals surface area contributed by atoms with Gasteiger partial charge in [-0.25, -0.2) is 4.79 Å². The van der Waals surface area contributed by atoms with Crippen LogP contribution in [0.25, 0.3) is 0 Å². The second-order valence-corrected chi connectivity index (χ2v) is 11.4. The van der Waals surface area contributed by atoms with E-state index in [0.29, 0.717) is 24.4 Å². The summed E-state index contributed by atoms with van der Waals surface area (Å²) in [5.74, 6) is 0.555. The normalized spacial score (nSPS) is 24.6. The quantitative estimate of drug-likeness (QED) is 0.687. The summed E-state index contributed by atoms with van der Waals surface area (Å²) in [6, 6.07) is 5.53. The predicted molar refractivity (Wildman–Crippen MR) is 133 cm³/mol. The number of benzene rings is 1. The fraction of sp³-hybridized carbons (Fsp3) is 0.607. The van der Waals surface area contributed by atoms with E-state index in [1.54, 1.807) is 9.80 Å². The molecule has 5 rings (SSSR count). The van der Waals surface area contributed by atoms with Gasteiger partial charge in [-0.3, -0.25) is 14.5 Å². The van der Waals surface area contributed by atoms with Crippen molar-refractivity contribution in [2.45, 2.75) is 77.4 Å². The van der Waals surface area contributed by atoms with Crippen molar-refractivity contribution in [1.29, 1.82) is 0 Å². The molecule has 2 atom stereocenters. The molecule has 3 aliphatic heterocycles. The third kappa shape index (κ3) is 4.88. The fourth-order valence-corrected chi connectivity index (χ4v) is 5.99. The zero-order valence-electron chi connectivity index (χ0n) is 21.1. The van der Waals surface area contributed by atoms with E-state index in [0.717, 1.165) is 61.9 Å². The minimum Gasteiger partial charge on any atom is -0.443 e. The second-order valence-electron chi connectivity index (χ2n) is 11.4. The number of nitrogens with zero attached hydrogens (tertiary/aromatic N) is 2. The van der Waals surface area contributed by atoms with Crippen LogP contribution in [0.4, 0.5) is 4.79 Å². The summed E-state index contributed by atoms with van der Waals surface area (Å²) >= 11 is 0. The summed E-state index contributed by atoms with van der Waals surface area (Å²) in [5, 5.41) is 3.43. The summed E-state index contributed by atoms with van der Waals surface area (Å²) in [4.78, 5) is 42.7. The molecule has 0 radical (unpaired) electrons. The number of ether oxygens (including phenoxy) is 1. The molecule has 0 bridgehead atoms. The second kappa shape index (κ2) is 9.41. The molecular formula is C28H37N3O4. The average molecular weight is 480 g/mol. The van der Waals surface area contributed by atoms with Crippen molar-refractivity contribution in [1.82, 2.24) is 15.1 Å². The highest BCUT2D eigenvalue weighted by Crippen LogP contribution is 2.36. The first-order chi connectivity index (χ1) is 16.7. The molecule has 35 heavy (non-hydrogen) atoms. The molecule has 1 N–H and O–H groups in total. The largest absolute Gasteiger partial charge is 0.443 e. The third-order valence-corrected chi connectivity index (χ3v) is 7.75. The summed E-state index contributed by atoms with van der Waals surface area (Å²) in [7, 11) is 0. The van der Waals surface area contributed by atoms with Crippen LogP contribution in [-0.2, 0) is 16.0 Å². The van der Waals surface area contributed by atoms with Gasteiger partial charge in [-0.05, 0) is 69.7 Å². The highest BCUT2D eigenvalue weighted by Gasteiger charge is 2.40. The predicted octanol–water partition coefficient (Wildman–Crippen LogP) is 4.58. The Morgan fingerprint density at radius 2 is 1.83 bits per heavy atom. The number of nitrogens with one attached hydrogen (secondary N) is 1. The van der Waals surface area contributed by atoms with Crippen LogP contribution in [-0.4, -0.2) is 52.8 Å². The molecular weight excluding hydrogens is 442 g/mol. The lowest BCUT2D eigenvalue weighted by Gasteiger charge is -2.31. The lowest BCUT2D eigenvalue weighted by Crippen LogP contribution is -2.38. The van der Waals surface area contributed by atoms with Crippen LogP contribution in [0.1, 0.15) is 86.8 Å². The Hall–Kier alpha value is -2.67. The number of amides is 2. The lowest BCUT2D eigenvalue weighted by atomic mass is 9.80. The van der Waals surface area contributed by atoms with Crippen molar-refractivity contribution >= 4 is 17.8 Å². The average Bonchev–Trinajstić information content (AvgIpc) is 3.43. The van der Waals surface area contributed by atoms with E-state index in [2.05, 4.69) is 5.32 Å². The van der Waals surface area contributed by atoms with Crippen LogP contribution in [0.3, 0.4) is 0 Å². The SMILES string of the molecule is CC(C)(C)OC(=O)N1CCC2CN(C(=O)c3ccc4c(c3)CCNC4C(=O)C3CCCCC3)C=C21. The van der Waals surface area contributed by atoms with Crippen LogP contribution in [0.15, 0.2) is 30.1 Å². The van der Waals surface area contributed by atoms with Gasteiger partial charge >= 0.3 is 6.09 Å². The molecule has 4 aliphatic rings. The van der Waals surface area contributed by atoms with E-state index in [-0.39, 0.29) is 29.9 Å². The van der Waals surface area contributed by atoms with Crippen LogP contribution in [0.2, 0.25) is 0 Å². The smallest absolute Gasteiger partial charge is 0.414 e. The van der Waals surface area contributed by atoms with Crippen molar-refractivity contribution in [2.75, 3.05) is 19.6 Å². The van der Waals surface area contributed by atoms with Gasteiger partial charge in [0, 0.05) is 48.9 Å². The molecule has 0 aromatic heterocycles. The van der Waals surface area contributed by atoms with Crippen LogP contribution in [0, 0.1) is 11.8 Å². The molecule has 3 heterocycles. The van der Waals surface area contributed by atoms with Gasteiger partial charge in [0.05, 0.1) is 6.04 Å². The Labute approximate surface area is 207 Å². The van der Waals surface area contributed by atoms with Crippen molar-refractivity contribution in [2.24, 2.45) is 11.8 Å². The first-order valence-electron chi connectivity index (χ1n) is 13.1. The summed E-state index contributed by atoms with van der Waals surface area (Å²) in [6.45, 7) is 7.52. The molecule has 1 aromatic carbocycles. The van der Waals surface area contributed by atoms with E-state index in [1.165, 1.54) is 6.42 Å². The molecule has 0 spiro atoms. The maximum atomic E-state index is 13.4. The summed E-state index contributed by atoms with van der Waals surface area (Å²) < 4.78 is 5.55. The minimum atomic E-state index is -0.557. The van der Waals surface area contributed by atoms with Crippen LogP contribution >= 0.6 is 0 Å². The molecule has 1 aromatic rings. The molecule has 1 aliphatic carbocycles. The Kier molecular flexibility index (Phi) is 6.47. The standard InChI is InChI=1S/C28H37N3O4/c1-28(2,3)35-27(34)31-14-12-21-16-30(17-23(21)31)26(33)20-9-10-22-19(15-20)11-13-29-24(22)25(32)18-7-5-4-6-8-18/h9-10,15,17-18,21,24,29H,4-8,11-14,16H2,1-3H3. The van der Waals surface area contributed by atoms with Crippen LogP contribution < -0.4 is 5.32 Å². The number of likely N-dealkylation sites (tertiary alicyclic amines) is 1. The number of hydrogen-bond acceptors (Lipinski definition) is 5. The Morgan fingerprint density at radius 1 is 1.06 bits per heavy atom. The van der Waals surface area contributed by atoms with Gasteiger partial charge in [0.15, 0.2) is 5.78 Å². The Balaban J connectivity index is 1.31. The van der Waals surface area contributed by atoms with E-state index in [1.807, 2.05) is 45.2 Å². The van der Waals surface area contributed by atoms with Gasteiger partial charge in [0.2, 0.25) is 0 Å². The number of carbonyl (C=O) groups excluding carboxylic acids is 3. The topological polar surface area (TPSA) is 79.0 Å². The van der Waals surface area contributed by atoms with E-state index in [4.69, 9.17) is 4.74 Å². The molecule has 2 fully saturated rings. The van der Waals surface area contributed by atoms with Gasteiger partial charge in [0.1, 0.15) is 5.60 Å². The molecule has 188 valence electrons. The third-order valence-electron chi connectivity index (χ3n) is 7.75. The maximum absolute atomic E-state index is 13.4. The van der Waals surface area contributed by atoms with E-state index >= 15 is 0 Å². The maximum Gasteiger partial charge on any atom is 0.414 e. The number of carbonyl (C=O) groups is 3. The molecule has 2 unspecified atom stereocenters. The van der Waals surface area contributed by atoms with Crippen molar-refractivity contribution in [3.63, 3.8) is 0 Å². The summed E-state index contributed by atoms with van der Waals surface area (Å²) in [6.07, 6.45) is 8.60. The van der Waals surface area contributed by atoms with Gasteiger partial charge in [-0.1, -0.05) is 25.3 Å². The van der Waals surface area contributed by atoms with Crippen LogP contribution in [0.5, 0.6) is 0 Å². The van der Waals surface area contributed by atoms with Gasteiger partial charge < -0.3 is 15.0 Å². The van der Waals surface area contributed by atoms with Crippen molar-refractivity contribution < 1.29 is 19.1 Å². The zero-order valence-corrected chi connectivity index (χ0v) is 21.1. The Morgan fingerprint density at radius 3 is 2.57 bits per heavy atom. The first-order valence-corrected chi connectivity index (χ1v) is 13.1. The van der Waals surface area contributed by atoms with Gasteiger partial charge in [0.25, 0.3) is 5.91 Å². The van der Waals surface area contributed by atoms with E-state index in [9.17, 15) is 14.4 Å². The number of Topliss-reactive ketones (excluding diaryl/α,β-unsaturated/α-hetero) is 1. The summed E-state index contributed by atoms with van der Waals surface area (Å²) in [5.41, 5.74) is 3.06. The number of ketones is 1. The Bertz CT molecular complexity index is 1050. The molecule has 2 amide bonds. The number of rotatable bonds is 3. The molecule has 7 nitrogen and oxygen atoms in total.